The van der Waals surface area contributed by atoms with E-state index in [9.17, 15) is 14.4 Å². The van der Waals surface area contributed by atoms with Gasteiger partial charge in [-0.1, -0.05) is 54.1 Å². The molecule has 134 valence electrons. The number of carbonyl (C=O) groups is 3. The van der Waals surface area contributed by atoms with Crippen LogP contribution in [0.25, 0.3) is 6.08 Å². The summed E-state index contributed by atoms with van der Waals surface area (Å²) in [6.07, 6.45) is 2.98. The average molecular weight is 351 g/mol. The first kappa shape index (κ1) is 19.1. The molecule has 0 radical (unpaired) electrons. The third kappa shape index (κ3) is 6.02. The van der Waals surface area contributed by atoms with Crippen molar-refractivity contribution in [3.63, 3.8) is 0 Å². The van der Waals surface area contributed by atoms with Crippen molar-refractivity contribution in [3.8, 4) is 0 Å². The van der Waals surface area contributed by atoms with Gasteiger partial charge >= 0.3 is 5.97 Å². The Morgan fingerprint density at radius 3 is 2.46 bits per heavy atom. The van der Waals surface area contributed by atoms with E-state index < -0.39 is 11.9 Å². The minimum absolute atomic E-state index is 0.272. The molecule has 2 rings (SSSR count). The van der Waals surface area contributed by atoms with Gasteiger partial charge in [-0.15, -0.1) is 0 Å². The summed E-state index contributed by atoms with van der Waals surface area (Å²) < 4.78 is 4.93. The molecule has 0 atom stereocenters. The predicted octanol–water partition coefficient (Wildman–Crippen LogP) is 2.86. The number of rotatable bonds is 7. The molecule has 5 heteroatoms. The fraction of sp³-hybridized carbons (Fsp3) is 0.190. The van der Waals surface area contributed by atoms with Crippen molar-refractivity contribution in [2.45, 2.75) is 13.8 Å². The summed E-state index contributed by atoms with van der Waals surface area (Å²) in [4.78, 5) is 35.5. The lowest BCUT2D eigenvalue weighted by Crippen LogP contribution is -2.30. The summed E-state index contributed by atoms with van der Waals surface area (Å²) in [6.45, 7) is 3.13. The summed E-state index contributed by atoms with van der Waals surface area (Å²) in [7, 11) is 0. The van der Waals surface area contributed by atoms with Crippen LogP contribution in [-0.2, 0) is 14.3 Å². The van der Waals surface area contributed by atoms with Gasteiger partial charge in [0.1, 0.15) is 6.54 Å². The van der Waals surface area contributed by atoms with Crippen LogP contribution in [0.3, 0.4) is 0 Å². The standard InChI is InChI=1S/C21H21NO4/c1-15-8-10-18(16(2)12-15)19(23)14-26-21(25)13-22-20(24)11-9-17-6-4-3-5-7-17/h3-12H,13-14H2,1-2H3,(H,22,24)/b11-9+. The number of nitrogens with one attached hydrogen (secondary N) is 1. The summed E-state index contributed by atoms with van der Waals surface area (Å²) in [5.41, 5.74) is 3.30. The molecule has 0 aliphatic rings. The van der Waals surface area contributed by atoms with E-state index in [0.717, 1.165) is 16.7 Å². The number of esters is 1. The van der Waals surface area contributed by atoms with Crippen molar-refractivity contribution >= 4 is 23.7 Å². The molecule has 0 saturated heterocycles. The van der Waals surface area contributed by atoms with Gasteiger partial charge in [0.15, 0.2) is 6.61 Å². The molecule has 0 aliphatic heterocycles. The van der Waals surface area contributed by atoms with Crippen LogP contribution in [0.15, 0.2) is 54.6 Å². The summed E-state index contributed by atoms with van der Waals surface area (Å²) in [6, 6.07) is 14.8. The van der Waals surface area contributed by atoms with E-state index in [-0.39, 0.29) is 18.9 Å². The van der Waals surface area contributed by atoms with E-state index in [2.05, 4.69) is 5.32 Å². The Morgan fingerprint density at radius 1 is 1.04 bits per heavy atom. The molecule has 2 aromatic rings. The molecule has 26 heavy (non-hydrogen) atoms. The zero-order valence-corrected chi connectivity index (χ0v) is 14.8. The normalized spacial score (nSPS) is 10.5. The maximum absolute atomic E-state index is 12.1. The van der Waals surface area contributed by atoms with E-state index in [1.165, 1.54) is 6.08 Å². The van der Waals surface area contributed by atoms with Crippen LogP contribution in [0.5, 0.6) is 0 Å². The van der Waals surface area contributed by atoms with Crippen molar-refractivity contribution in [1.29, 1.82) is 0 Å². The fourth-order valence-electron chi connectivity index (χ4n) is 2.36. The number of benzene rings is 2. The molecule has 2 aromatic carbocycles. The smallest absolute Gasteiger partial charge is 0.325 e. The molecule has 0 saturated carbocycles. The topological polar surface area (TPSA) is 72.5 Å². The molecule has 0 aromatic heterocycles. The van der Waals surface area contributed by atoms with Gasteiger partial charge in [0.2, 0.25) is 11.7 Å². The second-order valence-electron chi connectivity index (χ2n) is 5.86. The summed E-state index contributed by atoms with van der Waals surface area (Å²) in [5, 5.41) is 2.42. The van der Waals surface area contributed by atoms with Crippen LogP contribution < -0.4 is 5.32 Å². The van der Waals surface area contributed by atoms with E-state index in [1.807, 2.05) is 56.3 Å². The van der Waals surface area contributed by atoms with Crippen molar-refractivity contribution in [2.75, 3.05) is 13.2 Å². The first-order valence-corrected chi connectivity index (χ1v) is 8.23. The molecule has 5 nitrogen and oxygen atoms in total. The number of ether oxygens (including phenoxy) is 1. The van der Waals surface area contributed by atoms with E-state index in [0.29, 0.717) is 5.56 Å². The van der Waals surface area contributed by atoms with Crippen LogP contribution in [0.4, 0.5) is 0 Å². The highest BCUT2D eigenvalue weighted by atomic mass is 16.5. The molecular weight excluding hydrogens is 330 g/mol. The molecule has 0 aliphatic carbocycles. The Balaban J connectivity index is 1.75. The minimum Gasteiger partial charge on any atom is -0.456 e. The molecule has 0 spiro atoms. The lowest BCUT2D eigenvalue weighted by atomic mass is 10.0. The SMILES string of the molecule is Cc1ccc(C(=O)COC(=O)CNC(=O)/C=C/c2ccccc2)c(C)c1. The highest BCUT2D eigenvalue weighted by molar-refractivity contribution is 5.99. The molecule has 0 heterocycles. The Morgan fingerprint density at radius 2 is 1.77 bits per heavy atom. The zero-order chi connectivity index (χ0) is 18.9. The highest BCUT2D eigenvalue weighted by Crippen LogP contribution is 2.11. The highest BCUT2D eigenvalue weighted by Gasteiger charge is 2.12. The number of hydrogen-bond acceptors (Lipinski definition) is 4. The third-order valence-electron chi connectivity index (χ3n) is 3.68. The Hall–Kier alpha value is -3.21. The summed E-state index contributed by atoms with van der Waals surface area (Å²) >= 11 is 0. The van der Waals surface area contributed by atoms with E-state index in [4.69, 9.17) is 4.74 Å². The average Bonchev–Trinajstić information content (AvgIpc) is 2.63. The van der Waals surface area contributed by atoms with E-state index in [1.54, 1.807) is 12.1 Å². The number of hydrogen-bond donors (Lipinski definition) is 1. The summed E-state index contributed by atoms with van der Waals surface area (Å²) in [5.74, 6) is -1.35. The molecular formula is C21H21NO4. The number of Topliss-reactive ketones (excluding diaryl/α,β-unsaturated/α-hetero) is 1. The molecule has 1 amide bonds. The zero-order valence-electron chi connectivity index (χ0n) is 14.8. The fourth-order valence-corrected chi connectivity index (χ4v) is 2.36. The lowest BCUT2D eigenvalue weighted by Gasteiger charge is -2.07. The van der Waals surface area contributed by atoms with Gasteiger partial charge in [-0.05, 0) is 31.1 Å². The van der Waals surface area contributed by atoms with E-state index >= 15 is 0 Å². The first-order chi connectivity index (χ1) is 12.5. The number of carbonyl (C=O) groups excluding carboxylic acids is 3. The molecule has 0 bridgehead atoms. The van der Waals surface area contributed by atoms with Crippen molar-refractivity contribution in [1.82, 2.24) is 5.32 Å². The maximum atomic E-state index is 12.1. The Bertz CT molecular complexity index is 825. The van der Waals surface area contributed by atoms with Crippen LogP contribution >= 0.6 is 0 Å². The van der Waals surface area contributed by atoms with Crippen LogP contribution in [0, 0.1) is 13.8 Å². The quantitative estimate of drug-likeness (QED) is 0.473. The maximum Gasteiger partial charge on any atom is 0.325 e. The third-order valence-corrected chi connectivity index (χ3v) is 3.68. The van der Waals surface area contributed by atoms with Gasteiger partial charge in [0.25, 0.3) is 0 Å². The molecule has 0 unspecified atom stereocenters. The number of aryl methyl sites for hydroxylation is 2. The second kappa shape index (κ2) is 9.32. The van der Waals surface area contributed by atoms with Gasteiger partial charge in [0, 0.05) is 11.6 Å². The van der Waals surface area contributed by atoms with Gasteiger partial charge in [-0.3, -0.25) is 14.4 Å². The molecule has 1 N–H and O–H groups in total. The monoisotopic (exact) mass is 351 g/mol. The Labute approximate surface area is 152 Å². The minimum atomic E-state index is -0.662. The van der Waals surface area contributed by atoms with Crippen molar-refractivity contribution < 1.29 is 19.1 Å². The van der Waals surface area contributed by atoms with Crippen LogP contribution in [-0.4, -0.2) is 30.8 Å². The number of ketones is 1. The van der Waals surface area contributed by atoms with Gasteiger partial charge < -0.3 is 10.1 Å². The number of amides is 1. The largest absolute Gasteiger partial charge is 0.456 e. The lowest BCUT2D eigenvalue weighted by molar-refractivity contribution is -0.142. The second-order valence-corrected chi connectivity index (χ2v) is 5.86. The van der Waals surface area contributed by atoms with Gasteiger partial charge in [0.05, 0.1) is 0 Å². The van der Waals surface area contributed by atoms with Gasteiger partial charge in [-0.25, -0.2) is 0 Å². The van der Waals surface area contributed by atoms with Crippen molar-refractivity contribution in [3.05, 3.63) is 76.9 Å². The van der Waals surface area contributed by atoms with Crippen LogP contribution in [0.1, 0.15) is 27.0 Å². The van der Waals surface area contributed by atoms with Crippen LogP contribution in [0.2, 0.25) is 0 Å². The Kier molecular flexibility index (Phi) is 6.85. The van der Waals surface area contributed by atoms with Crippen molar-refractivity contribution in [2.24, 2.45) is 0 Å². The van der Waals surface area contributed by atoms with Gasteiger partial charge in [-0.2, -0.15) is 0 Å². The predicted molar refractivity (Wildman–Crippen MR) is 99.7 cm³/mol. The first-order valence-electron chi connectivity index (χ1n) is 8.23. The molecule has 0 fully saturated rings.